The maximum Gasteiger partial charge on any atom is 0.341 e. The van der Waals surface area contributed by atoms with E-state index in [1.54, 1.807) is 26.0 Å². The number of furan rings is 1. The summed E-state index contributed by atoms with van der Waals surface area (Å²) >= 11 is 0. The van der Waals surface area contributed by atoms with Gasteiger partial charge < -0.3 is 14.0 Å². The summed E-state index contributed by atoms with van der Waals surface area (Å²) in [6.45, 7) is 3.33. The van der Waals surface area contributed by atoms with Crippen LogP contribution >= 0.6 is 0 Å². The summed E-state index contributed by atoms with van der Waals surface area (Å²) in [7, 11) is 0. The SMILES string of the molecule is Cc1ccc(-c2noc(C)c2C(=O)O)o1. The van der Waals surface area contributed by atoms with Crippen molar-refractivity contribution < 1.29 is 18.8 Å². The number of rotatable bonds is 2. The Bertz CT molecular complexity index is 509. The smallest absolute Gasteiger partial charge is 0.341 e. The van der Waals surface area contributed by atoms with E-state index in [1.165, 1.54) is 0 Å². The highest BCUT2D eigenvalue weighted by Gasteiger charge is 2.22. The zero-order valence-electron chi connectivity index (χ0n) is 8.27. The third kappa shape index (κ3) is 1.52. The minimum Gasteiger partial charge on any atom is -0.477 e. The van der Waals surface area contributed by atoms with E-state index >= 15 is 0 Å². The minimum atomic E-state index is -1.07. The highest BCUT2D eigenvalue weighted by atomic mass is 16.5. The van der Waals surface area contributed by atoms with Gasteiger partial charge in [-0.05, 0) is 26.0 Å². The summed E-state index contributed by atoms with van der Waals surface area (Å²) in [4.78, 5) is 10.9. The standard InChI is InChI=1S/C10H9NO4/c1-5-3-4-7(14-5)9-8(10(12)13)6(2)15-11-9/h3-4H,1-2H3,(H,12,13). The van der Waals surface area contributed by atoms with Crippen molar-refractivity contribution in [3.05, 3.63) is 29.2 Å². The number of hydrogen-bond acceptors (Lipinski definition) is 4. The van der Waals surface area contributed by atoms with Crippen LogP contribution in [0, 0.1) is 13.8 Å². The fraction of sp³-hybridized carbons (Fsp3) is 0.200. The summed E-state index contributed by atoms with van der Waals surface area (Å²) in [5, 5.41) is 12.6. The number of carbonyl (C=O) groups is 1. The number of aromatic carboxylic acids is 1. The summed E-state index contributed by atoms with van der Waals surface area (Å²) in [6, 6.07) is 3.41. The predicted octanol–water partition coefficient (Wildman–Crippen LogP) is 2.25. The Morgan fingerprint density at radius 3 is 2.67 bits per heavy atom. The molecule has 2 aromatic rings. The Kier molecular flexibility index (Phi) is 2.07. The molecule has 0 spiro atoms. The molecule has 0 aliphatic rings. The second-order valence-corrected chi connectivity index (χ2v) is 3.18. The molecule has 0 unspecified atom stereocenters. The second kappa shape index (κ2) is 3.27. The zero-order chi connectivity index (χ0) is 11.0. The molecule has 1 N–H and O–H groups in total. The van der Waals surface area contributed by atoms with Crippen LogP contribution in [0.3, 0.4) is 0 Å². The third-order valence-corrected chi connectivity index (χ3v) is 2.05. The van der Waals surface area contributed by atoms with Gasteiger partial charge in [0.25, 0.3) is 0 Å². The third-order valence-electron chi connectivity index (χ3n) is 2.05. The topological polar surface area (TPSA) is 76.5 Å². The number of nitrogens with zero attached hydrogens (tertiary/aromatic N) is 1. The van der Waals surface area contributed by atoms with Crippen LogP contribution in [0.15, 0.2) is 21.1 Å². The lowest BCUT2D eigenvalue weighted by molar-refractivity contribution is 0.0695. The maximum atomic E-state index is 10.9. The monoisotopic (exact) mass is 207 g/mol. The largest absolute Gasteiger partial charge is 0.477 e. The molecular weight excluding hydrogens is 198 g/mol. The molecule has 0 bridgehead atoms. The molecular formula is C10H9NO4. The van der Waals surface area contributed by atoms with Crippen molar-refractivity contribution in [3.63, 3.8) is 0 Å². The Morgan fingerprint density at radius 1 is 1.40 bits per heavy atom. The van der Waals surface area contributed by atoms with Crippen molar-refractivity contribution in [3.8, 4) is 11.5 Å². The lowest BCUT2D eigenvalue weighted by atomic mass is 10.1. The Labute approximate surface area is 85.3 Å². The summed E-state index contributed by atoms with van der Waals surface area (Å²) in [5.41, 5.74) is 0.275. The predicted molar refractivity (Wildman–Crippen MR) is 50.6 cm³/mol. The zero-order valence-corrected chi connectivity index (χ0v) is 8.27. The van der Waals surface area contributed by atoms with Crippen molar-refractivity contribution in [1.82, 2.24) is 5.16 Å². The molecule has 5 nitrogen and oxygen atoms in total. The van der Waals surface area contributed by atoms with Gasteiger partial charge in [0.1, 0.15) is 17.1 Å². The van der Waals surface area contributed by atoms with Gasteiger partial charge in [-0.3, -0.25) is 0 Å². The van der Waals surface area contributed by atoms with Crippen LogP contribution in [0.2, 0.25) is 0 Å². The Morgan fingerprint density at radius 2 is 2.13 bits per heavy atom. The number of hydrogen-bond donors (Lipinski definition) is 1. The van der Waals surface area contributed by atoms with Crippen LogP contribution in [-0.4, -0.2) is 16.2 Å². The number of carboxylic acids is 1. The highest BCUT2D eigenvalue weighted by molar-refractivity contribution is 5.94. The lowest BCUT2D eigenvalue weighted by Gasteiger charge is -1.92. The van der Waals surface area contributed by atoms with E-state index in [9.17, 15) is 4.79 Å². The fourth-order valence-electron chi connectivity index (χ4n) is 1.35. The fourth-order valence-corrected chi connectivity index (χ4v) is 1.35. The van der Waals surface area contributed by atoms with Crippen molar-refractivity contribution >= 4 is 5.97 Å². The van der Waals surface area contributed by atoms with E-state index in [-0.39, 0.29) is 17.0 Å². The van der Waals surface area contributed by atoms with Gasteiger partial charge in [-0.15, -0.1) is 0 Å². The molecule has 0 aliphatic heterocycles. The number of aromatic nitrogens is 1. The van der Waals surface area contributed by atoms with Crippen molar-refractivity contribution in [1.29, 1.82) is 0 Å². The molecule has 2 aromatic heterocycles. The molecule has 0 saturated heterocycles. The maximum absolute atomic E-state index is 10.9. The molecule has 78 valence electrons. The summed E-state index contributed by atoms with van der Waals surface area (Å²) < 4.78 is 10.1. The van der Waals surface area contributed by atoms with Gasteiger partial charge in [-0.2, -0.15) is 0 Å². The van der Waals surface area contributed by atoms with E-state index < -0.39 is 5.97 Å². The van der Waals surface area contributed by atoms with Crippen LogP contribution in [0.1, 0.15) is 21.9 Å². The molecule has 2 heterocycles. The number of carboxylic acid groups (broad SMARTS) is 1. The average molecular weight is 207 g/mol. The quantitative estimate of drug-likeness (QED) is 0.817. The van der Waals surface area contributed by atoms with Gasteiger partial charge in [-0.1, -0.05) is 5.16 Å². The second-order valence-electron chi connectivity index (χ2n) is 3.18. The van der Waals surface area contributed by atoms with Gasteiger partial charge in [0, 0.05) is 0 Å². The lowest BCUT2D eigenvalue weighted by Crippen LogP contribution is -1.98. The first-order valence-corrected chi connectivity index (χ1v) is 4.36. The van der Waals surface area contributed by atoms with E-state index in [0.717, 1.165) is 0 Å². The number of aryl methyl sites for hydroxylation is 2. The van der Waals surface area contributed by atoms with E-state index in [4.69, 9.17) is 14.0 Å². The highest BCUT2D eigenvalue weighted by Crippen LogP contribution is 2.26. The first-order chi connectivity index (χ1) is 7.09. The molecule has 2 rings (SSSR count). The van der Waals surface area contributed by atoms with Gasteiger partial charge in [-0.25, -0.2) is 4.79 Å². The first-order valence-electron chi connectivity index (χ1n) is 4.36. The van der Waals surface area contributed by atoms with Crippen molar-refractivity contribution in [2.75, 3.05) is 0 Å². The molecule has 0 fully saturated rings. The first kappa shape index (κ1) is 9.51. The minimum absolute atomic E-state index is 0.0457. The molecule has 15 heavy (non-hydrogen) atoms. The van der Waals surface area contributed by atoms with Gasteiger partial charge in [0.2, 0.25) is 0 Å². The van der Waals surface area contributed by atoms with E-state index in [0.29, 0.717) is 11.5 Å². The van der Waals surface area contributed by atoms with Crippen LogP contribution in [0.25, 0.3) is 11.5 Å². The summed E-state index contributed by atoms with van der Waals surface area (Å²) in [6.07, 6.45) is 0. The molecule has 0 aromatic carbocycles. The van der Waals surface area contributed by atoms with Crippen LogP contribution in [-0.2, 0) is 0 Å². The van der Waals surface area contributed by atoms with E-state index in [2.05, 4.69) is 5.16 Å². The molecule has 0 atom stereocenters. The van der Waals surface area contributed by atoms with Gasteiger partial charge in [0.15, 0.2) is 11.5 Å². The molecule has 0 saturated carbocycles. The van der Waals surface area contributed by atoms with Gasteiger partial charge in [0.05, 0.1) is 0 Å². The van der Waals surface area contributed by atoms with Gasteiger partial charge >= 0.3 is 5.97 Å². The average Bonchev–Trinajstić information content (AvgIpc) is 2.71. The molecule has 0 radical (unpaired) electrons. The molecule has 5 heteroatoms. The van der Waals surface area contributed by atoms with Crippen LogP contribution in [0.5, 0.6) is 0 Å². The summed E-state index contributed by atoms with van der Waals surface area (Å²) in [5.74, 6) is 0.299. The molecule has 0 amide bonds. The normalized spacial score (nSPS) is 10.5. The Balaban J connectivity index is 2.58. The van der Waals surface area contributed by atoms with Crippen LogP contribution < -0.4 is 0 Å². The van der Waals surface area contributed by atoms with Crippen LogP contribution in [0.4, 0.5) is 0 Å². The van der Waals surface area contributed by atoms with Crippen molar-refractivity contribution in [2.45, 2.75) is 13.8 Å². The van der Waals surface area contributed by atoms with Crippen molar-refractivity contribution in [2.24, 2.45) is 0 Å². The Hall–Kier alpha value is -2.04. The van der Waals surface area contributed by atoms with E-state index in [1.807, 2.05) is 0 Å². The molecule has 0 aliphatic carbocycles.